The first-order valence-electron chi connectivity index (χ1n) is 11.3. The van der Waals surface area contributed by atoms with E-state index in [9.17, 15) is 14.7 Å². The number of hydrogen-bond donors (Lipinski definition) is 2. The van der Waals surface area contributed by atoms with Gasteiger partial charge in [0.1, 0.15) is 11.9 Å². The summed E-state index contributed by atoms with van der Waals surface area (Å²) < 4.78 is 1.51. The number of Topliss-reactive ketones (excluding diaryl/α,β-unsaturated/α-hetero) is 1. The Morgan fingerprint density at radius 1 is 1.18 bits per heavy atom. The topological polar surface area (TPSA) is 127 Å². The fraction of sp³-hybridized carbons (Fsp3) is 0.320. The Labute approximate surface area is 196 Å². The molecule has 3 aromatic heterocycles. The van der Waals surface area contributed by atoms with Crippen molar-refractivity contribution >= 4 is 34.1 Å². The number of carbonyl (C=O) groups is 2. The number of fused-ring (bicyclic) bond motifs is 2. The molecule has 174 valence electrons. The molecule has 1 saturated heterocycles. The van der Waals surface area contributed by atoms with E-state index in [1.807, 2.05) is 30.3 Å². The van der Waals surface area contributed by atoms with Gasteiger partial charge in [-0.25, -0.2) is 4.98 Å². The molecule has 1 aliphatic heterocycles. The zero-order valence-electron chi connectivity index (χ0n) is 19.1. The zero-order valence-corrected chi connectivity index (χ0v) is 19.1. The molecule has 0 saturated carbocycles. The highest BCUT2D eigenvalue weighted by atomic mass is 16.3. The summed E-state index contributed by atoms with van der Waals surface area (Å²) in [6.45, 7) is 3.92. The second-order valence-electron chi connectivity index (χ2n) is 8.80. The van der Waals surface area contributed by atoms with Gasteiger partial charge in [-0.05, 0) is 38.8 Å². The number of amides is 1. The molecule has 1 fully saturated rings. The van der Waals surface area contributed by atoms with Gasteiger partial charge in [0, 0.05) is 41.7 Å². The summed E-state index contributed by atoms with van der Waals surface area (Å²) in [5.41, 5.74) is 10.6. The van der Waals surface area contributed by atoms with Crippen molar-refractivity contribution in [3.63, 3.8) is 0 Å². The third-order valence-electron chi connectivity index (χ3n) is 6.51. The van der Waals surface area contributed by atoms with Crippen LogP contribution in [0.5, 0.6) is 0 Å². The van der Waals surface area contributed by atoms with Crippen LogP contribution in [0.1, 0.15) is 48.7 Å². The van der Waals surface area contributed by atoms with Crippen LogP contribution in [0.3, 0.4) is 0 Å². The van der Waals surface area contributed by atoms with E-state index < -0.39 is 6.10 Å². The number of para-hydroxylation sites is 1. The van der Waals surface area contributed by atoms with Crippen LogP contribution in [0.15, 0.2) is 42.7 Å². The minimum absolute atomic E-state index is 0.0401. The van der Waals surface area contributed by atoms with E-state index in [1.54, 1.807) is 17.3 Å². The number of benzene rings is 1. The maximum atomic E-state index is 12.6. The number of carbonyl (C=O) groups excluding carboxylic acids is 2. The number of pyridine rings is 1. The lowest BCUT2D eigenvalue weighted by atomic mass is 9.89. The molecule has 34 heavy (non-hydrogen) atoms. The number of anilines is 1. The molecule has 0 unspecified atom stereocenters. The average Bonchev–Trinajstić information content (AvgIpc) is 3.27. The minimum Gasteiger partial charge on any atom is -0.384 e. The molecule has 4 aromatic rings. The monoisotopic (exact) mass is 458 g/mol. The molecular formula is C25H26N6O3. The second kappa shape index (κ2) is 8.49. The van der Waals surface area contributed by atoms with Crippen molar-refractivity contribution in [3.05, 3.63) is 54.0 Å². The molecule has 3 N–H and O–H groups in total. The standard InChI is InChI=1S/C25H26N6O3/c1-14(32)21-22(16-7-9-30(10-8-16)25(34)15(2)33)29-24-19(13-28-31(24)23(21)26)18-11-17-5-3-4-6-20(17)27-12-18/h3-6,11-13,15-16,33H,7-10,26H2,1-2H3/t15-/m1/s1. The van der Waals surface area contributed by atoms with E-state index in [2.05, 4.69) is 10.1 Å². The van der Waals surface area contributed by atoms with Gasteiger partial charge in [-0.3, -0.25) is 14.6 Å². The van der Waals surface area contributed by atoms with E-state index in [-0.39, 0.29) is 23.4 Å². The molecule has 5 rings (SSSR count). The molecule has 0 radical (unpaired) electrons. The molecule has 0 spiro atoms. The molecule has 9 nitrogen and oxygen atoms in total. The van der Waals surface area contributed by atoms with E-state index in [0.29, 0.717) is 42.8 Å². The number of nitrogens with two attached hydrogens (primary N) is 1. The number of aliphatic hydroxyl groups excluding tert-OH is 1. The third kappa shape index (κ3) is 3.67. The summed E-state index contributed by atoms with van der Waals surface area (Å²) in [5, 5.41) is 15.1. The smallest absolute Gasteiger partial charge is 0.251 e. The fourth-order valence-corrected chi connectivity index (χ4v) is 4.75. The minimum atomic E-state index is -1.03. The Balaban J connectivity index is 1.58. The highest BCUT2D eigenvalue weighted by Gasteiger charge is 2.31. The second-order valence-corrected chi connectivity index (χ2v) is 8.80. The highest BCUT2D eigenvalue weighted by molar-refractivity contribution is 6.00. The Morgan fingerprint density at radius 3 is 2.62 bits per heavy atom. The van der Waals surface area contributed by atoms with Crippen molar-refractivity contribution in [2.75, 3.05) is 18.8 Å². The Bertz CT molecular complexity index is 1420. The Morgan fingerprint density at radius 2 is 1.91 bits per heavy atom. The van der Waals surface area contributed by atoms with Crippen LogP contribution in [0.25, 0.3) is 27.7 Å². The van der Waals surface area contributed by atoms with Crippen LogP contribution in [-0.2, 0) is 4.79 Å². The summed E-state index contributed by atoms with van der Waals surface area (Å²) in [6.07, 6.45) is 3.71. The van der Waals surface area contributed by atoms with E-state index in [4.69, 9.17) is 10.7 Å². The van der Waals surface area contributed by atoms with Crippen LogP contribution >= 0.6 is 0 Å². The summed E-state index contributed by atoms with van der Waals surface area (Å²) in [6, 6.07) is 9.91. The van der Waals surface area contributed by atoms with Crippen molar-refractivity contribution in [3.8, 4) is 11.1 Å². The van der Waals surface area contributed by atoms with E-state index >= 15 is 0 Å². The molecule has 1 atom stereocenters. The van der Waals surface area contributed by atoms with Crippen LogP contribution in [0.2, 0.25) is 0 Å². The van der Waals surface area contributed by atoms with E-state index in [1.165, 1.54) is 18.4 Å². The van der Waals surface area contributed by atoms with Crippen molar-refractivity contribution in [1.29, 1.82) is 0 Å². The number of rotatable bonds is 4. The summed E-state index contributed by atoms with van der Waals surface area (Å²) >= 11 is 0. The van der Waals surface area contributed by atoms with Gasteiger partial charge in [0.2, 0.25) is 0 Å². The number of hydrogen-bond acceptors (Lipinski definition) is 7. The first kappa shape index (κ1) is 22.0. The van der Waals surface area contributed by atoms with E-state index in [0.717, 1.165) is 22.0 Å². The van der Waals surface area contributed by atoms with Gasteiger partial charge in [0.25, 0.3) is 5.91 Å². The number of ketones is 1. The van der Waals surface area contributed by atoms with Gasteiger partial charge in [-0.1, -0.05) is 18.2 Å². The lowest BCUT2D eigenvalue weighted by Crippen LogP contribution is -2.42. The normalized spacial score (nSPS) is 15.7. The van der Waals surface area contributed by atoms with Crippen molar-refractivity contribution < 1.29 is 14.7 Å². The Kier molecular flexibility index (Phi) is 5.49. The quantitative estimate of drug-likeness (QED) is 0.450. The molecule has 1 aromatic carbocycles. The molecule has 9 heteroatoms. The van der Waals surface area contributed by atoms with Gasteiger partial charge in [0.05, 0.1) is 23.0 Å². The van der Waals surface area contributed by atoms with Gasteiger partial charge in [-0.15, -0.1) is 0 Å². The summed E-state index contributed by atoms with van der Waals surface area (Å²) in [7, 11) is 0. The first-order valence-corrected chi connectivity index (χ1v) is 11.3. The number of aliphatic hydroxyl groups is 1. The molecule has 0 bridgehead atoms. The lowest BCUT2D eigenvalue weighted by molar-refractivity contribution is -0.140. The van der Waals surface area contributed by atoms with Crippen LogP contribution in [0, 0.1) is 0 Å². The van der Waals surface area contributed by atoms with Crippen LogP contribution in [-0.4, -0.2) is 60.5 Å². The number of likely N-dealkylation sites (tertiary alicyclic amines) is 1. The molecular weight excluding hydrogens is 432 g/mol. The number of piperidine rings is 1. The van der Waals surface area contributed by atoms with Gasteiger partial charge in [0.15, 0.2) is 11.4 Å². The zero-order chi connectivity index (χ0) is 24.0. The van der Waals surface area contributed by atoms with Crippen LogP contribution in [0.4, 0.5) is 5.82 Å². The van der Waals surface area contributed by atoms with Crippen molar-refractivity contribution in [2.24, 2.45) is 0 Å². The predicted octanol–water partition coefficient (Wildman–Crippen LogP) is 2.82. The van der Waals surface area contributed by atoms with Crippen LogP contribution < -0.4 is 5.73 Å². The molecule has 0 aliphatic carbocycles. The maximum Gasteiger partial charge on any atom is 0.251 e. The lowest BCUT2D eigenvalue weighted by Gasteiger charge is -2.33. The third-order valence-corrected chi connectivity index (χ3v) is 6.51. The van der Waals surface area contributed by atoms with Crippen molar-refractivity contribution in [1.82, 2.24) is 24.5 Å². The predicted molar refractivity (Wildman–Crippen MR) is 128 cm³/mol. The number of nitrogen functional groups attached to an aromatic ring is 1. The number of nitrogens with zero attached hydrogens (tertiary/aromatic N) is 5. The first-order chi connectivity index (χ1) is 16.3. The van der Waals surface area contributed by atoms with Crippen molar-refractivity contribution in [2.45, 2.75) is 38.7 Å². The SMILES string of the molecule is CC(=O)c1c(C2CCN(C(=O)[C@@H](C)O)CC2)nc2c(-c3cnc4ccccc4c3)cnn2c1N. The van der Waals surface area contributed by atoms with Gasteiger partial charge < -0.3 is 15.7 Å². The molecule has 1 amide bonds. The number of aromatic nitrogens is 4. The highest BCUT2D eigenvalue weighted by Crippen LogP contribution is 2.35. The molecule has 4 heterocycles. The fourth-order valence-electron chi connectivity index (χ4n) is 4.75. The van der Waals surface area contributed by atoms with Gasteiger partial charge in [-0.2, -0.15) is 9.61 Å². The summed E-state index contributed by atoms with van der Waals surface area (Å²) in [5.74, 6) is -0.236. The maximum absolute atomic E-state index is 12.6. The average molecular weight is 459 g/mol. The summed E-state index contributed by atoms with van der Waals surface area (Å²) in [4.78, 5) is 35.9. The largest absolute Gasteiger partial charge is 0.384 e. The van der Waals surface area contributed by atoms with Gasteiger partial charge >= 0.3 is 0 Å². The Hall–Kier alpha value is -3.85. The molecule has 1 aliphatic rings.